The third-order valence-corrected chi connectivity index (χ3v) is 4.25. The van der Waals surface area contributed by atoms with Crippen molar-refractivity contribution in [3.63, 3.8) is 0 Å². The fourth-order valence-corrected chi connectivity index (χ4v) is 3.03. The van der Waals surface area contributed by atoms with Crippen LogP contribution in [0.5, 0.6) is 0 Å². The summed E-state index contributed by atoms with van der Waals surface area (Å²) in [6.07, 6.45) is 0. The standard InChI is InChI=1S/C17H23N3O2/c1-11(2)13-9-12(3)10-14-15(13)18-17(19(4)16(14)21)20-5-7-22-8-6-20/h9-11H,5-8H2,1-4H3. The van der Waals surface area contributed by atoms with E-state index in [0.29, 0.717) is 24.5 Å². The molecule has 1 aliphatic rings. The van der Waals surface area contributed by atoms with Crippen LogP contribution in [0, 0.1) is 6.92 Å². The maximum Gasteiger partial charge on any atom is 0.262 e. The second kappa shape index (κ2) is 5.72. The molecule has 0 amide bonds. The van der Waals surface area contributed by atoms with Crippen molar-refractivity contribution in [3.05, 3.63) is 33.6 Å². The molecule has 0 unspecified atom stereocenters. The maximum absolute atomic E-state index is 12.8. The third kappa shape index (κ3) is 2.50. The fourth-order valence-electron chi connectivity index (χ4n) is 3.03. The van der Waals surface area contributed by atoms with Crippen molar-refractivity contribution in [1.82, 2.24) is 9.55 Å². The number of aryl methyl sites for hydroxylation is 1. The summed E-state index contributed by atoms with van der Waals surface area (Å²) >= 11 is 0. The van der Waals surface area contributed by atoms with Crippen LogP contribution in [-0.2, 0) is 11.8 Å². The minimum Gasteiger partial charge on any atom is -0.378 e. The Morgan fingerprint density at radius 1 is 1.23 bits per heavy atom. The van der Waals surface area contributed by atoms with Gasteiger partial charge in [0.05, 0.1) is 24.1 Å². The van der Waals surface area contributed by atoms with E-state index in [-0.39, 0.29) is 5.56 Å². The SMILES string of the molecule is Cc1cc(C(C)C)c2nc(N3CCOCC3)n(C)c(=O)c2c1. The Morgan fingerprint density at radius 2 is 1.91 bits per heavy atom. The lowest BCUT2D eigenvalue weighted by molar-refractivity contribution is 0.121. The molecule has 2 heterocycles. The lowest BCUT2D eigenvalue weighted by atomic mass is 9.98. The summed E-state index contributed by atoms with van der Waals surface area (Å²) in [5.41, 5.74) is 3.11. The van der Waals surface area contributed by atoms with Crippen molar-refractivity contribution in [2.24, 2.45) is 7.05 Å². The Balaban J connectivity index is 2.27. The number of benzene rings is 1. The zero-order valence-electron chi connectivity index (χ0n) is 13.7. The fraction of sp³-hybridized carbons (Fsp3) is 0.529. The van der Waals surface area contributed by atoms with Gasteiger partial charge in [-0.1, -0.05) is 19.9 Å². The van der Waals surface area contributed by atoms with E-state index in [1.54, 1.807) is 11.6 Å². The summed E-state index contributed by atoms with van der Waals surface area (Å²) in [5, 5.41) is 0.711. The quantitative estimate of drug-likeness (QED) is 0.853. The van der Waals surface area contributed by atoms with Gasteiger partial charge < -0.3 is 9.64 Å². The van der Waals surface area contributed by atoms with Crippen molar-refractivity contribution >= 4 is 16.9 Å². The first kappa shape index (κ1) is 15.0. The monoisotopic (exact) mass is 301 g/mol. The second-order valence-corrected chi connectivity index (χ2v) is 6.28. The smallest absolute Gasteiger partial charge is 0.262 e. The number of morpholine rings is 1. The van der Waals surface area contributed by atoms with Crippen molar-refractivity contribution < 1.29 is 4.74 Å². The number of rotatable bonds is 2. The van der Waals surface area contributed by atoms with E-state index in [0.717, 1.165) is 35.7 Å². The van der Waals surface area contributed by atoms with Crippen LogP contribution >= 0.6 is 0 Å². The van der Waals surface area contributed by atoms with Crippen LogP contribution in [0.2, 0.25) is 0 Å². The summed E-state index contributed by atoms with van der Waals surface area (Å²) < 4.78 is 7.06. The Labute approximate surface area is 130 Å². The first-order valence-corrected chi connectivity index (χ1v) is 7.83. The maximum atomic E-state index is 12.8. The molecule has 5 nitrogen and oxygen atoms in total. The Bertz CT molecular complexity index is 759. The van der Waals surface area contributed by atoms with Crippen molar-refractivity contribution in [2.45, 2.75) is 26.7 Å². The number of anilines is 1. The van der Waals surface area contributed by atoms with E-state index in [1.807, 2.05) is 13.0 Å². The zero-order chi connectivity index (χ0) is 15.9. The number of aromatic nitrogens is 2. The van der Waals surface area contributed by atoms with Gasteiger partial charge in [0.15, 0.2) is 0 Å². The predicted octanol–water partition coefficient (Wildman–Crippen LogP) is 2.20. The summed E-state index contributed by atoms with van der Waals surface area (Å²) in [4.78, 5) is 19.8. The lowest BCUT2D eigenvalue weighted by Gasteiger charge is -2.29. The Morgan fingerprint density at radius 3 is 2.55 bits per heavy atom. The minimum absolute atomic E-state index is 0.0251. The molecule has 0 saturated carbocycles. The van der Waals surface area contributed by atoms with Crippen LogP contribution in [0.25, 0.3) is 10.9 Å². The first-order chi connectivity index (χ1) is 10.5. The topological polar surface area (TPSA) is 47.4 Å². The third-order valence-electron chi connectivity index (χ3n) is 4.25. The van der Waals surface area contributed by atoms with Gasteiger partial charge in [-0.15, -0.1) is 0 Å². The average Bonchev–Trinajstić information content (AvgIpc) is 2.51. The molecule has 1 saturated heterocycles. The number of hydrogen-bond acceptors (Lipinski definition) is 4. The highest BCUT2D eigenvalue weighted by molar-refractivity contribution is 5.83. The van der Waals surface area contributed by atoms with Gasteiger partial charge in [0.25, 0.3) is 5.56 Å². The van der Waals surface area contributed by atoms with Gasteiger partial charge in [0.1, 0.15) is 0 Å². The van der Waals surface area contributed by atoms with E-state index in [2.05, 4.69) is 24.8 Å². The Hall–Kier alpha value is -1.88. The first-order valence-electron chi connectivity index (χ1n) is 7.83. The lowest BCUT2D eigenvalue weighted by Crippen LogP contribution is -2.40. The highest BCUT2D eigenvalue weighted by atomic mass is 16.5. The minimum atomic E-state index is 0.0251. The summed E-state index contributed by atoms with van der Waals surface area (Å²) in [5.74, 6) is 1.08. The van der Waals surface area contributed by atoms with Crippen LogP contribution in [0.3, 0.4) is 0 Å². The van der Waals surface area contributed by atoms with Gasteiger partial charge in [0, 0.05) is 20.1 Å². The molecule has 1 fully saturated rings. The molecular weight excluding hydrogens is 278 g/mol. The van der Waals surface area contributed by atoms with Gasteiger partial charge in [-0.2, -0.15) is 0 Å². The highest BCUT2D eigenvalue weighted by Crippen LogP contribution is 2.25. The van der Waals surface area contributed by atoms with Crippen LogP contribution in [0.4, 0.5) is 5.95 Å². The summed E-state index contributed by atoms with van der Waals surface area (Å²) in [6.45, 7) is 9.21. The average molecular weight is 301 g/mol. The number of fused-ring (bicyclic) bond motifs is 1. The van der Waals surface area contributed by atoms with E-state index >= 15 is 0 Å². The molecule has 1 aromatic carbocycles. The van der Waals surface area contributed by atoms with Gasteiger partial charge in [-0.3, -0.25) is 9.36 Å². The van der Waals surface area contributed by atoms with Crippen molar-refractivity contribution in [1.29, 1.82) is 0 Å². The molecule has 0 N–H and O–H groups in total. The van der Waals surface area contributed by atoms with Gasteiger partial charge >= 0.3 is 0 Å². The van der Waals surface area contributed by atoms with E-state index in [4.69, 9.17) is 9.72 Å². The molecular formula is C17H23N3O2. The van der Waals surface area contributed by atoms with Crippen LogP contribution in [0.15, 0.2) is 16.9 Å². The molecule has 0 bridgehead atoms. The number of ether oxygens (including phenoxy) is 1. The molecule has 118 valence electrons. The summed E-state index contributed by atoms with van der Waals surface area (Å²) in [7, 11) is 1.80. The van der Waals surface area contributed by atoms with Crippen molar-refractivity contribution in [2.75, 3.05) is 31.2 Å². The summed E-state index contributed by atoms with van der Waals surface area (Å²) in [6, 6.07) is 4.09. The van der Waals surface area contributed by atoms with Crippen LogP contribution in [-0.4, -0.2) is 35.9 Å². The molecule has 5 heteroatoms. The molecule has 0 spiro atoms. The molecule has 0 radical (unpaired) electrons. The molecule has 3 rings (SSSR count). The van der Waals surface area contributed by atoms with Gasteiger partial charge in [-0.25, -0.2) is 4.98 Å². The molecule has 0 aliphatic carbocycles. The van der Waals surface area contributed by atoms with E-state index in [1.165, 1.54) is 0 Å². The zero-order valence-corrected chi connectivity index (χ0v) is 13.7. The molecule has 0 atom stereocenters. The normalized spacial score (nSPS) is 15.8. The molecule has 2 aromatic rings. The number of nitrogens with zero attached hydrogens (tertiary/aromatic N) is 3. The van der Waals surface area contributed by atoms with Crippen LogP contribution < -0.4 is 10.5 Å². The van der Waals surface area contributed by atoms with E-state index in [9.17, 15) is 4.79 Å². The highest BCUT2D eigenvalue weighted by Gasteiger charge is 2.19. The van der Waals surface area contributed by atoms with Gasteiger partial charge in [-0.05, 0) is 30.0 Å². The number of hydrogen-bond donors (Lipinski definition) is 0. The van der Waals surface area contributed by atoms with Gasteiger partial charge in [0.2, 0.25) is 5.95 Å². The predicted molar refractivity (Wildman–Crippen MR) is 88.8 cm³/mol. The largest absolute Gasteiger partial charge is 0.378 e. The molecule has 1 aliphatic heterocycles. The molecule has 22 heavy (non-hydrogen) atoms. The van der Waals surface area contributed by atoms with Crippen molar-refractivity contribution in [3.8, 4) is 0 Å². The Kier molecular flexibility index (Phi) is 3.91. The van der Waals surface area contributed by atoms with Crippen LogP contribution in [0.1, 0.15) is 30.9 Å². The second-order valence-electron chi connectivity index (χ2n) is 6.28. The van der Waals surface area contributed by atoms with E-state index < -0.39 is 0 Å². The molecule has 1 aromatic heterocycles.